The number of piperazine rings is 1. The molecule has 12 heteroatoms. The zero-order valence-electron chi connectivity index (χ0n) is 20.1. The minimum Gasteiger partial charge on any atom is -0.482 e. The molecule has 0 atom stereocenters. The number of alkyl halides is 3. The van der Waals surface area contributed by atoms with Gasteiger partial charge in [-0.05, 0) is 42.0 Å². The van der Waals surface area contributed by atoms with E-state index in [2.05, 4.69) is 4.72 Å². The number of nitrogens with one attached hydrogen (secondary N) is 1. The average Bonchev–Trinajstić information content (AvgIpc) is 2.91. The van der Waals surface area contributed by atoms with Crippen LogP contribution in [0.3, 0.4) is 0 Å². The Bertz CT molecular complexity index is 1380. The van der Waals surface area contributed by atoms with Crippen molar-refractivity contribution in [3.8, 4) is 5.75 Å². The van der Waals surface area contributed by atoms with Gasteiger partial charge in [-0.15, -0.1) is 0 Å². The lowest BCUT2D eigenvalue weighted by Gasteiger charge is -2.36. The van der Waals surface area contributed by atoms with Gasteiger partial charge in [0.05, 0.1) is 15.5 Å². The molecular weight excluding hydrogens is 543 g/mol. The second kappa shape index (κ2) is 11.6. The summed E-state index contributed by atoms with van der Waals surface area (Å²) in [6.07, 6.45) is -4.42. The van der Waals surface area contributed by atoms with Crippen molar-refractivity contribution in [3.05, 3.63) is 88.9 Å². The van der Waals surface area contributed by atoms with E-state index in [9.17, 15) is 26.4 Å². The van der Waals surface area contributed by atoms with Crippen LogP contribution in [0.4, 0.5) is 18.9 Å². The number of sulfonamides is 1. The van der Waals surface area contributed by atoms with Gasteiger partial charge in [0.1, 0.15) is 5.75 Å². The topological polar surface area (TPSA) is 78.9 Å². The van der Waals surface area contributed by atoms with Crippen molar-refractivity contribution >= 4 is 33.2 Å². The molecule has 1 heterocycles. The van der Waals surface area contributed by atoms with Crippen LogP contribution in [0.15, 0.2) is 77.7 Å². The molecule has 0 bridgehead atoms. The Morgan fingerprint density at radius 2 is 1.66 bits per heavy atom. The monoisotopic (exact) mass is 567 g/mol. The first-order valence-corrected chi connectivity index (χ1v) is 13.5. The predicted molar refractivity (Wildman–Crippen MR) is 138 cm³/mol. The van der Waals surface area contributed by atoms with Gasteiger partial charge < -0.3 is 14.5 Å². The molecule has 1 amide bonds. The summed E-state index contributed by atoms with van der Waals surface area (Å²) in [7, 11) is -3.82. The van der Waals surface area contributed by atoms with Gasteiger partial charge in [-0.25, -0.2) is 13.1 Å². The largest absolute Gasteiger partial charge is 0.482 e. The van der Waals surface area contributed by atoms with Gasteiger partial charge in [-0.2, -0.15) is 13.2 Å². The highest BCUT2D eigenvalue weighted by Gasteiger charge is 2.31. The van der Waals surface area contributed by atoms with Crippen molar-refractivity contribution < 1.29 is 31.1 Å². The number of amides is 1. The number of ether oxygens (including phenoxy) is 1. The standard InChI is InChI=1S/C26H25ClF3N3O4S/c27-23-16-22(38(35,36)31-17-19-5-2-1-3-6-19)9-10-24(23)37-18-25(34)33-13-11-32(12-14-33)21-8-4-7-20(15-21)26(28,29)30/h1-10,15-16,31H,11-14,17-18H2. The molecule has 202 valence electrons. The molecule has 0 saturated carbocycles. The van der Waals surface area contributed by atoms with Crippen molar-refractivity contribution in [2.24, 2.45) is 0 Å². The normalized spacial score (nSPS) is 14.4. The molecule has 38 heavy (non-hydrogen) atoms. The van der Waals surface area contributed by atoms with E-state index in [1.807, 2.05) is 18.2 Å². The molecule has 1 N–H and O–H groups in total. The van der Waals surface area contributed by atoms with E-state index in [1.165, 1.54) is 24.3 Å². The van der Waals surface area contributed by atoms with Gasteiger partial charge in [0.2, 0.25) is 10.0 Å². The van der Waals surface area contributed by atoms with Crippen molar-refractivity contribution in [2.45, 2.75) is 17.6 Å². The highest BCUT2D eigenvalue weighted by molar-refractivity contribution is 7.89. The molecule has 0 aliphatic carbocycles. The molecule has 3 aromatic carbocycles. The van der Waals surface area contributed by atoms with Crippen LogP contribution in [0.1, 0.15) is 11.1 Å². The van der Waals surface area contributed by atoms with Crippen LogP contribution in [0, 0.1) is 0 Å². The fourth-order valence-electron chi connectivity index (χ4n) is 3.95. The summed E-state index contributed by atoms with van der Waals surface area (Å²) < 4.78 is 72.3. The number of hydrogen-bond acceptors (Lipinski definition) is 5. The summed E-state index contributed by atoms with van der Waals surface area (Å²) in [6.45, 7) is 1.18. The lowest BCUT2D eigenvalue weighted by molar-refractivity contribution is -0.137. The summed E-state index contributed by atoms with van der Waals surface area (Å²) in [5.74, 6) is -0.157. The summed E-state index contributed by atoms with van der Waals surface area (Å²) in [5.41, 5.74) is 0.532. The maximum Gasteiger partial charge on any atom is 0.416 e. The van der Waals surface area contributed by atoms with Crippen LogP contribution < -0.4 is 14.4 Å². The van der Waals surface area contributed by atoms with Gasteiger partial charge in [-0.3, -0.25) is 4.79 Å². The first kappa shape index (κ1) is 27.7. The fourth-order valence-corrected chi connectivity index (χ4v) is 5.29. The smallest absolute Gasteiger partial charge is 0.416 e. The maximum atomic E-state index is 13.0. The molecule has 1 saturated heterocycles. The van der Waals surface area contributed by atoms with Gasteiger partial charge >= 0.3 is 6.18 Å². The maximum absolute atomic E-state index is 13.0. The van der Waals surface area contributed by atoms with Crippen LogP contribution >= 0.6 is 11.6 Å². The van der Waals surface area contributed by atoms with E-state index in [4.69, 9.17) is 16.3 Å². The summed E-state index contributed by atoms with van der Waals surface area (Å²) in [4.78, 5) is 16.0. The van der Waals surface area contributed by atoms with Crippen LogP contribution in [0.2, 0.25) is 5.02 Å². The minimum absolute atomic E-state index is 0.0368. The van der Waals surface area contributed by atoms with Crippen molar-refractivity contribution in [1.29, 1.82) is 0 Å². The molecular formula is C26H25ClF3N3O4S. The zero-order valence-corrected chi connectivity index (χ0v) is 21.7. The Hall–Kier alpha value is -3.28. The van der Waals surface area contributed by atoms with Crippen LogP contribution in [0.25, 0.3) is 0 Å². The molecule has 1 aliphatic rings. The number of halogens is 4. The van der Waals surface area contributed by atoms with E-state index < -0.39 is 21.8 Å². The van der Waals surface area contributed by atoms with Gasteiger partial charge in [0.15, 0.2) is 6.61 Å². The van der Waals surface area contributed by atoms with Crippen molar-refractivity contribution in [1.82, 2.24) is 9.62 Å². The number of carbonyl (C=O) groups is 1. The van der Waals surface area contributed by atoms with E-state index in [0.29, 0.717) is 31.9 Å². The molecule has 1 fully saturated rings. The first-order chi connectivity index (χ1) is 18.0. The third kappa shape index (κ3) is 6.97. The highest BCUT2D eigenvalue weighted by atomic mass is 35.5. The van der Waals surface area contributed by atoms with Crippen LogP contribution in [-0.2, 0) is 27.5 Å². The van der Waals surface area contributed by atoms with Gasteiger partial charge in [-0.1, -0.05) is 48.0 Å². The second-order valence-electron chi connectivity index (χ2n) is 8.61. The summed E-state index contributed by atoms with van der Waals surface area (Å²) >= 11 is 6.22. The quantitative estimate of drug-likeness (QED) is 0.432. The third-order valence-corrected chi connectivity index (χ3v) is 7.74. The van der Waals surface area contributed by atoms with Gasteiger partial charge in [0, 0.05) is 38.4 Å². The Morgan fingerprint density at radius 1 is 0.947 bits per heavy atom. The Kier molecular flexibility index (Phi) is 8.49. The highest BCUT2D eigenvalue weighted by Crippen LogP contribution is 2.32. The third-order valence-electron chi connectivity index (χ3n) is 6.04. The zero-order chi connectivity index (χ0) is 27.3. The SMILES string of the molecule is O=C(COc1ccc(S(=O)(=O)NCc2ccccc2)cc1Cl)N1CCN(c2cccc(C(F)(F)F)c2)CC1. The predicted octanol–water partition coefficient (Wildman–Crippen LogP) is 4.56. The number of anilines is 1. The van der Waals surface area contributed by atoms with Crippen molar-refractivity contribution in [3.63, 3.8) is 0 Å². The number of rotatable bonds is 8. The average molecular weight is 568 g/mol. The van der Waals surface area contributed by atoms with Crippen molar-refractivity contribution in [2.75, 3.05) is 37.7 Å². The first-order valence-electron chi connectivity index (χ1n) is 11.7. The van der Waals surface area contributed by atoms with E-state index >= 15 is 0 Å². The Balaban J connectivity index is 1.29. The van der Waals surface area contributed by atoms with E-state index in [0.717, 1.165) is 17.7 Å². The summed E-state index contributed by atoms with van der Waals surface area (Å²) in [5, 5.41) is 0.0368. The van der Waals surface area contributed by atoms with Gasteiger partial charge in [0.25, 0.3) is 5.91 Å². The number of nitrogens with zero attached hydrogens (tertiary/aromatic N) is 2. The van der Waals surface area contributed by atoms with Crippen LogP contribution in [-0.4, -0.2) is 52.0 Å². The number of hydrogen-bond donors (Lipinski definition) is 1. The lowest BCUT2D eigenvalue weighted by atomic mass is 10.1. The van der Waals surface area contributed by atoms with E-state index in [-0.39, 0.29) is 34.7 Å². The molecule has 1 aliphatic heterocycles. The summed E-state index contributed by atoms with van der Waals surface area (Å²) in [6, 6.07) is 18.1. The molecule has 0 unspecified atom stereocenters. The molecule has 0 radical (unpaired) electrons. The molecule has 4 rings (SSSR count). The number of benzene rings is 3. The Labute approximate surface area is 223 Å². The van der Waals surface area contributed by atoms with E-state index in [1.54, 1.807) is 28.0 Å². The molecule has 7 nitrogen and oxygen atoms in total. The minimum atomic E-state index is -4.42. The number of carbonyl (C=O) groups excluding carboxylic acids is 1. The second-order valence-corrected chi connectivity index (χ2v) is 10.8. The fraction of sp³-hybridized carbons (Fsp3) is 0.269. The Morgan fingerprint density at radius 3 is 2.32 bits per heavy atom. The molecule has 0 spiro atoms. The molecule has 3 aromatic rings. The molecule has 0 aromatic heterocycles. The lowest BCUT2D eigenvalue weighted by Crippen LogP contribution is -2.50. The van der Waals surface area contributed by atoms with Crippen LogP contribution in [0.5, 0.6) is 5.75 Å².